The molecule has 1 aliphatic rings. The highest BCUT2D eigenvalue weighted by Crippen LogP contribution is 2.39. The Morgan fingerprint density at radius 2 is 2.06 bits per heavy atom. The molecule has 1 atom stereocenters. The molecule has 0 radical (unpaired) electrons. The van der Waals surface area contributed by atoms with Crippen molar-refractivity contribution < 1.29 is 4.74 Å². The summed E-state index contributed by atoms with van der Waals surface area (Å²) in [6.07, 6.45) is 5.47. The Bertz CT molecular complexity index is 342. The van der Waals surface area contributed by atoms with E-state index in [-0.39, 0.29) is 0 Å². The molecular weight excluding hydrogens is 230 g/mol. The van der Waals surface area contributed by atoms with Crippen LogP contribution in [0.15, 0.2) is 11.4 Å². The van der Waals surface area contributed by atoms with Crippen LogP contribution in [0, 0.1) is 11.8 Å². The summed E-state index contributed by atoms with van der Waals surface area (Å²) < 4.78 is 5.28. The highest BCUT2D eigenvalue weighted by atomic mass is 32.1. The zero-order chi connectivity index (χ0) is 12.3. The van der Waals surface area contributed by atoms with Crippen LogP contribution in [0.3, 0.4) is 0 Å². The van der Waals surface area contributed by atoms with Gasteiger partial charge in [-0.1, -0.05) is 19.8 Å². The molecule has 1 heterocycles. The Morgan fingerprint density at radius 1 is 1.35 bits per heavy atom. The Morgan fingerprint density at radius 3 is 2.59 bits per heavy atom. The number of hydrogen-bond donors (Lipinski definition) is 1. The molecule has 0 bridgehead atoms. The monoisotopic (exact) mass is 253 g/mol. The highest BCUT2D eigenvalue weighted by Gasteiger charge is 2.27. The van der Waals surface area contributed by atoms with Crippen LogP contribution in [0.5, 0.6) is 5.75 Å². The molecule has 96 valence electrons. The van der Waals surface area contributed by atoms with Crippen LogP contribution in [-0.2, 0) is 0 Å². The molecule has 1 unspecified atom stereocenters. The second-order valence-electron chi connectivity index (χ2n) is 5.18. The fourth-order valence-corrected chi connectivity index (χ4v) is 3.89. The number of methoxy groups -OCH3 is 1. The summed E-state index contributed by atoms with van der Waals surface area (Å²) in [5.41, 5.74) is 0. The third-order valence-electron chi connectivity index (χ3n) is 3.98. The first-order valence-electron chi connectivity index (χ1n) is 6.54. The average Bonchev–Trinajstić information content (AvgIpc) is 2.81. The van der Waals surface area contributed by atoms with Crippen LogP contribution in [0.1, 0.15) is 43.5 Å². The third-order valence-corrected chi connectivity index (χ3v) is 4.97. The van der Waals surface area contributed by atoms with E-state index in [0.717, 1.165) is 17.6 Å². The van der Waals surface area contributed by atoms with Gasteiger partial charge >= 0.3 is 0 Å². The summed E-state index contributed by atoms with van der Waals surface area (Å²) in [5, 5.41) is 5.60. The molecule has 0 amide bonds. The van der Waals surface area contributed by atoms with Gasteiger partial charge in [0.1, 0.15) is 5.75 Å². The molecule has 17 heavy (non-hydrogen) atoms. The molecule has 0 spiro atoms. The summed E-state index contributed by atoms with van der Waals surface area (Å²) in [7, 11) is 3.82. The number of hydrogen-bond acceptors (Lipinski definition) is 3. The van der Waals surface area contributed by atoms with Gasteiger partial charge in [-0.2, -0.15) is 0 Å². The summed E-state index contributed by atoms with van der Waals surface area (Å²) in [4.78, 5) is 1.42. The number of rotatable bonds is 4. The minimum atomic E-state index is 0.511. The maximum atomic E-state index is 5.28. The first-order valence-corrected chi connectivity index (χ1v) is 7.42. The Balaban J connectivity index is 2.05. The molecule has 0 aromatic carbocycles. The van der Waals surface area contributed by atoms with Gasteiger partial charge in [0.15, 0.2) is 0 Å². The second-order valence-corrected chi connectivity index (χ2v) is 6.12. The lowest BCUT2D eigenvalue weighted by molar-refractivity contribution is 0.240. The molecule has 2 nitrogen and oxygen atoms in total. The fourth-order valence-electron chi connectivity index (χ4n) is 2.83. The van der Waals surface area contributed by atoms with Gasteiger partial charge in [-0.05, 0) is 37.8 Å². The lowest BCUT2D eigenvalue weighted by Gasteiger charge is -2.32. The van der Waals surface area contributed by atoms with E-state index in [4.69, 9.17) is 4.74 Å². The van der Waals surface area contributed by atoms with E-state index in [1.807, 2.05) is 11.3 Å². The van der Waals surface area contributed by atoms with Gasteiger partial charge in [0.05, 0.1) is 7.11 Å². The molecule has 3 heteroatoms. The number of nitrogens with one attached hydrogen (secondary N) is 1. The van der Waals surface area contributed by atoms with Gasteiger partial charge in [-0.15, -0.1) is 11.3 Å². The van der Waals surface area contributed by atoms with Crippen molar-refractivity contribution in [3.05, 3.63) is 16.3 Å². The minimum absolute atomic E-state index is 0.511. The van der Waals surface area contributed by atoms with Crippen molar-refractivity contribution in [3.8, 4) is 5.75 Å². The van der Waals surface area contributed by atoms with Crippen LogP contribution < -0.4 is 10.1 Å². The fraction of sp³-hybridized carbons (Fsp3) is 0.714. The van der Waals surface area contributed by atoms with Crippen LogP contribution >= 0.6 is 11.3 Å². The summed E-state index contributed by atoms with van der Waals surface area (Å²) in [6.45, 7) is 2.37. The lowest BCUT2D eigenvalue weighted by atomic mass is 9.79. The zero-order valence-corrected chi connectivity index (χ0v) is 11.8. The normalized spacial score (nSPS) is 26.8. The van der Waals surface area contributed by atoms with E-state index in [2.05, 4.69) is 30.7 Å². The van der Waals surface area contributed by atoms with Crippen LogP contribution in [0.25, 0.3) is 0 Å². The molecule has 1 fully saturated rings. The van der Waals surface area contributed by atoms with Gasteiger partial charge in [0.25, 0.3) is 0 Å². The van der Waals surface area contributed by atoms with E-state index in [0.29, 0.717) is 6.04 Å². The number of thiophene rings is 1. The first kappa shape index (κ1) is 12.9. The zero-order valence-electron chi connectivity index (χ0n) is 11.0. The van der Waals surface area contributed by atoms with Crippen LogP contribution in [0.2, 0.25) is 0 Å². The van der Waals surface area contributed by atoms with Crippen molar-refractivity contribution in [1.82, 2.24) is 5.32 Å². The highest BCUT2D eigenvalue weighted by molar-refractivity contribution is 7.10. The van der Waals surface area contributed by atoms with Crippen molar-refractivity contribution in [1.29, 1.82) is 0 Å². The van der Waals surface area contributed by atoms with Gasteiger partial charge in [0, 0.05) is 16.3 Å². The van der Waals surface area contributed by atoms with E-state index >= 15 is 0 Å². The molecule has 1 aromatic heterocycles. The smallest absolute Gasteiger partial charge is 0.129 e. The third kappa shape index (κ3) is 3.02. The molecule has 0 aliphatic heterocycles. The Kier molecular flexibility index (Phi) is 4.46. The van der Waals surface area contributed by atoms with Crippen molar-refractivity contribution in [2.75, 3.05) is 14.2 Å². The predicted molar refractivity (Wildman–Crippen MR) is 73.8 cm³/mol. The first-order chi connectivity index (χ1) is 8.24. The molecular formula is C14H23NOS. The largest absolute Gasteiger partial charge is 0.496 e. The summed E-state index contributed by atoms with van der Waals surface area (Å²) in [6, 6.07) is 2.69. The van der Waals surface area contributed by atoms with Gasteiger partial charge in [-0.25, -0.2) is 0 Å². The Labute approximate surface area is 108 Å². The molecule has 2 rings (SSSR count). The quantitative estimate of drug-likeness (QED) is 0.880. The maximum Gasteiger partial charge on any atom is 0.129 e. The second kappa shape index (κ2) is 5.87. The van der Waals surface area contributed by atoms with E-state index in [1.165, 1.54) is 30.6 Å². The molecule has 1 N–H and O–H groups in total. The van der Waals surface area contributed by atoms with Crippen molar-refractivity contribution >= 4 is 11.3 Å². The van der Waals surface area contributed by atoms with E-state index in [9.17, 15) is 0 Å². The average molecular weight is 253 g/mol. The molecule has 0 saturated heterocycles. The molecule has 1 saturated carbocycles. The molecule has 1 aliphatic carbocycles. The van der Waals surface area contributed by atoms with Gasteiger partial charge < -0.3 is 10.1 Å². The van der Waals surface area contributed by atoms with E-state index in [1.54, 1.807) is 7.11 Å². The van der Waals surface area contributed by atoms with Gasteiger partial charge in [0.2, 0.25) is 0 Å². The topological polar surface area (TPSA) is 21.3 Å². The number of ether oxygens (including phenoxy) is 1. The predicted octanol–water partition coefficient (Wildman–Crippen LogP) is 3.84. The van der Waals surface area contributed by atoms with Crippen molar-refractivity contribution in [2.24, 2.45) is 11.8 Å². The maximum absolute atomic E-state index is 5.28. The van der Waals surface area contributed by atoms with Crippen LogP contribution in [0.4, 0.5) is 0 Å². The molecule has 1 aromatic rings. The summed E-state index contributed by atoms with van der Waals surface area (Å²) >= 11 is 1.81. The van der Waals surface area contributed by atoms with Gasteiger partial charge in [-0.3, -0.25) is 0 Å². The van der Waals surface area contributed by atoms with Crippen molar-refractivity contribution in [3.63, 3.8) is 0 Å². The summed E-state index contributed by atoms with van der Waals surface area (Å²) in [5.74, 6) is 2.70. The SMILES string of the molecule is CNC(c1cc(OC)cs1)C1CCC(C)CC1. The van der Waals surface area contributed by atoms with Crippen LogP contribution in [-0.4, -0.2) is 14.2 Å². The van der Waals surface area contributed by atoms with E-state index < -0.39 is 0 Å². The minimum Gasteiger partial charge on any atom is -0.496 e. The lowest BCUT2D eigenvalue weighted by Crippen LogP contribution is -2.27. The Hall–Kier alpha value is -0.540. The standard InChI is InChI=1S/C14H23NOS/c1-10-4-6-11(7-5-10)14(15-2)13-8-12(16-3)9-17-13/h8-11,14-15H,4-7H2,1-3H3. The van der Waals surface area contributed by atoms with Crippen molar-refractivity contribution in [2.45, 2.75) is 38.6 Å².